The van der Waals surface area contributed by atoms with E-state index in [0.717, 1.165) is 0 Å². The van der Waals surface area contributed by atoms with Crippen LogP contribution in [0.25, 0.3) is 0 Å². The molecule has 12 amide bonds. The monoisotopic (exact) mass is 1300 g/mol. The fourth-order valence-electron chi connectivity index (χ4n) is 10.6. The molecular formula is C61H93N17O13S. The third-order valence-corrected chi connectivity index (χ3v) is 16.0. The topological polar surface area (TPSA) is 493 Å². The van der Waals surface area contributed by atoms with Gasteiger partial charge < -0.3 is 86.7 Å². The molecule has 0 radical (unpaired) electrons. The van der Waals surface area contributed by atoms with Gasteiger partial charge in [-0.15, -0.1) is 0 Å². The van der Waals surface area contributed by atoms with Crippen molar-refractivity contribution in [3.8, 4) is 0 Å². The summed E-state index contributed by atoms with van der Waals surface area (Å²) in [7, 11) is 0. The van der Waals surface area contributed by atoms with Gasteiger partial charge in [-0.25, -0.2) is 0 Å². The van der Waals surface area contributed by atoms with E-state index in [9.17, 15) is 62.3 Å². The number of nitrogens with zero attached hydrogens (tertiary/aromatic N) is 3. The fraction of sp³-hybridized carbons (Fsp3) is 0.574. The number of aliphatic imine (C=N–C) groups is 1. The van der Waals surface area contributed by atoms with Gasteiger partial charge in [0.25, 0.3) is 5.91 Å². The van der Waals surface area contributed by atoms with Gasteiger partial charge in [-0.2, -0.15) is 11.8 Å². The molecule has 506 valence electrons. The summed E-state index contributed by atoms with van der Waals surface area (Å²) in [6.45, 7) is 3.15. The first kappa shape index (κ1) is 75.7. The molecule has 2 aliphatic heterocycles. The summed E-state index contributed by atoms with van der Waals surface area (Å²) in [5.41, 5.74) is 34.8. The van der Waals surface area contributed by atoms with Crippen molar-refractivity contribution in [3.63, 3.8) is 0 Å². The average Bonchev–Trinajstić information content (AvgIpc) is 1.72. The lowest BCUT2D eigenvalue weighted by Crippen LogP contribution is -2.59. The summed E-state index contributed by atoms with van der Waals surface area (Å²) in [5.74, 6) is -10.4. The molecule has 4 rings (SSSR count). The maximum absolute atomic E-state index is 14.5. The van der Waals surface area contributed by atoms with E-state index in [1.165, 1.54) is 21.6 Å². The molecule has 0 saturated carbocycles. The number of Topliss-reactive ketones (excluding diaryl/α,β-unsaturated/α-hetero) is 1. The number of carbonyl (C=O) groups is 13. The molecule has 2 aromatic rings. The highest BCUT2D eigenvalue weighted by Gasteiger charge is 2.42. The van der Waals surface area contributed by atoms with Gasteiger partial charge in [-0.05, 0) is 106 Å². The maximum atomic E-state index is 14.5. The molecule has 92 heavy (non-hydrogen) atoms. The van der Waals surface area contributed by atoms with Crippen LogP contribution in [0.1, 0.15) is 108 Å². The zero-order valence-electron chi connectivity index (χ0n) is 52.6. The normalized spacial score (nSPS) is 16.6. The van der Waals surface area contributed by atoms with Crippen molar-refractivity contribution < 1.29 is 62.3 Å². The van der Waals surface area contributed by atoms with Crippen molar-refractivity contribution in [1.29, 1.82) is 0 Å². The molecule has 30 nitrogen and oxygen atoms in total. The first-order valence-electron chi connectivity index (χ1n) is 31.0. The zero-order chi connectivity index (χ0) is 67.9. The first-order valence-corrected chi connectivity index (χ1v) is 32.4. The molecule has 2 heterocycles. The number of likely N-dealkylation sites (tertiary alicyclic amines) is 2. The Morgan fingerprint density at radius 2 is 1.09 bits per heavy atom. The number of primary amides is 2. The number of amides is 12. The summed E-state index contributed by atoms with van der Waals surface area (Å²) in [5, 5.41) is 20.8. The van der Waals surface area contributed by atoms with Crippen LogP contribution in [0.5, 0.6) is 0 Å². The highest BCUT2D eigenvalue weighted by Crippen LogP contribution is 2.23. The molecule has 2 saturated heterocycles. The van der Waals surface area contributed by atoms with Gasteiger partial charge >= 0.3 is 0 Å². The smallest absolute Gasteiger partial charge is 0.287 e. The number of thioether (sulfide) groups is 1. The summed E-state index contributed by atoms with van der Waals surface area (Å²) in [6.07, 6.45) is 4.35. The SMILES string of the molecule is CSCC[C@H](NC(=O)[C@H](CC(C)C)NC(=O)CNC(=O)[C@H](Cc1ccccc1)NC(=O)[C@H](Cc1ccccc1)NC(=O)[C@H](CCC(N)=O)NC(=O)CNC(=O)[C@@H]1CCCN1C(=O)[C@H](CCCN=C(N)N)NC(=O)[C@@H]1CCCN1C(=O)[C@@H](N)CCCCN)C(=O)C(N)=O. The number of hydrogen-bond acceptors (Lipinski definition) is 17. The van der Waals surface area contributed by atoms with Gasteiger partial charge in [-0.3, -0.25) is 67.3 Å². The molecule has 0 spiro atoms. The van der Waals surface area contributed by atoms with E-state index in [1.54, 1.807) is 80.8 Å². The average molecular weight is 1300 g/mol. The van der Waals surface area contributed by atoms with Crippen molar-refractivity contribution in [1.82, 2.24) is 52.3 Å². The Morgan fingerprint density at radius 1 is 0.565 bits per heavy atom. The summed E-state index contributed by atoms with van der Waals surface area (Å²) in [6, 6.07) is 6.20. The van der Waals surface area contributed by atoms with Crippen LogP contribution in [0.15, 0.2) is 65.7 Å². The van der Waals surface area contributed by atoms with Crippen molar-refractivity contribution >= 4 is 94.4 Å². The number of guanidine groups is 1. The second-order valence-electron chi connectivity index (χ2n) is 23.2. The van der Waals surface area contributed by atoms with E-state index >= 15 is 0 Å². The van der Waals surface area contributed by atoms with Gasteiger partial charge in [0.1, 0.15) is 42.3 Å². The number of hydrogen-bond donors (Lipinski definition) is 14. The van der Waals surface area contributed by atoms with Crippen LogP contribution in [0.3, 0.4) is 0 Å². The standard InChI is InChI=1S/C61H93N17O13S/c1-36(2)31-43(55(86)73-40(25-30-92-3)51(82)52(65)83)72-50(81)34-69-53(84)44(32-37-15-6-4-7-16-37)75-56(87)45(33-38-17-8-5-9-18-38)76-54(85)41(23-24-48(64)79)71-49(80)35-70-57(88)46-21-13-29-78(46)60(91)42(20-12-27-68-61(66)67)74-58(89)47-22-14-28-77(47)59(90)39(63)19-10-11-26-62/h4-9,15-18,36,39-47H,10-14,19-35,62-63H2,1-3H3,(H2,64,79)(H2,65,83)(H,69,84)(H,70,88)(H,71,80)(H,72,81)(H,73,86)(H,74,89)(H,75,87)(H,76,85)(H4,66,67,68)/t39-,40-,41-,42-,43-,44-,45-,46-,47-/m0/s1. The van der Waals surface area contributed by atoms with Crippen LogP contribution < -0.4 is 76.9 Å². The number of nitrogens with two attached hydrogens (primary N) is 6. The Hall–Kier alpha value is -8.71. The number of benzene rings is 2. The molecule has 2 aromatic carbocycles. The predicted octanol–water partition coefficient (Wildman–Crippen LogP) is -3.78. The molecule has 0 unspecified atom stereocenters. The minimum absolute atomic E-state index is 0.0542. The second kappa shape index (κ2) is 39.5. The van der Waals surface area contributed by atoms with E-state index in [2.05, 4.69) is 47.5 Å². The van der Waals surface area contributed by atoms with Crippen molar-refractivity contribution in [2.75, 3.05) is 51.3 Å². The van der Waals surface area contributed by atoms with Crippen LogP contribution in [0.2, 0.25) is 0 Å². The molecule has 31 heteroatoms. The van der Waals surface area contributed by atoms with Gasteiger partial charge in [0.15, 0.2) is 5.96 Å². The van der Waals surface area contributed by atoms with Crippen LogP contribution >= 0.6 is 11.8 Å². The number of rotatable bonds is 40. The molecule has 0 aliphatic carbocycles. The minimum atomic E-state index is -1.53. The molecular weight excluding hydrogens is 1210 g/mol. The second-order valence-corrected chi connectivity index (χ2v) is 24.1. The Kier molecular flexibility index (Phi) is 32.5. The summed E-state index contributed by atoms with van der Waals surface area (Å²) in [4.78, 5) is 183. The van der Waals surface area contributed by atoms with E-state index in [0.29, 0.717) is 68.5 Å². The zero-order valence-corrected chi connectivity index (χ0v) is 53.4. The Morgan fingerprint density at radius 3 is 1.63 bits per heavy atom. The third-order valence-electron chi connectivity index (χ3n) is 15.4. The molecule has 20 N–H and O–H groups in total. The molecule has 0 bridgehead atoms. The van der Waals surface area contributed by atoms with Gasteiger partial charge in [0, 0.05) is 38.9 Å². The highest BCUT2D eigenvalue weighted by atomic mass is 32.2. The quantitative estimate of drug-likeness (QED) is 0.0132. The Balaban J connectivity index is 1.49. The van der Waals surface area contributed by atoms with Crippen molar-refractivity contribution in [2.24, 2.45) is 45.3 Å². The van der Waals surface area contributed by atoms with Gasteiger partial charge in [0.05, 0.1) is 25.2 Å². The number of nitrogens with one attached hydrogen (secondary N) is 8. The van der Waals surface area contributed by atoms with Crippen LogP contribution in [-0.4, -0.2) is 198 Å². The Bertz CT molecular complexity index is 2890. The molecule has 2 aliphatic rings. The van der Waals surface area contributed by atoms with E-state index in [4.69, 9.17) is 34.4 Å². The molecule has 9 atom stereocenters. The van der Waals surface area contributed by atoms with Gasteiger partial charge in [-0.1, -0.05) is 80.9 Å². The van der Waals surface area contributed by atoms with E-state index in [-0.39, 0.29) is 76.3 Å². The molecule has 0 aromatic heterocycles. The van der Waals surface area contributed by atoms with Crippen molar-refractivity contribution in [3.05, 3.63) is 71.8 Å². The minimum Gasteiger partial charge on any atom is -0.370 e. The van der Waals surface area contributed by atoms with Crippen LogP contribution in [0.4, 0.5) is 0 Å². The van der Waals surface area contributed by atoms with E-state index < -0.39 is 151 Å². The fourth-order valence-corrected chi connectivity index (χ4v) is 11.1. The number of unbranched alkanes of at least 4 members (excludes halogenated alkanes) is 1. The highest BCUT2D eigenvalue weighted by molar-refractivity contribution is 7.98. The lowest BCUT2D eigenvalue weighted by atomic mass is 10.0. The van der Waals surface area contributed by atoms with Crippen LogP contribution in [-0.2, 0) is 75.2 Å². The largest absolute Gasteiger partial charge is 0.370 e. The lowest BCUT2D eigenvalue weighted by Gasteiger charge is -2.31. The van der Waals surface area contributed by atoms with E-state index in [1.807, 2.05) is 0 Å². The Labute approximate surface area is 539 Å². The predicted molar refractivity (Wildman–Crippen MR) is 343 cm³/mol. The maximum Gasteiger partial charge on any atom is 0.287 e. The molecule has 2 fully saturated rings. The summed E-state index contributed by atoms with van der Waals surface area (Å²) >= 11 is 1.38. The lowest BCUT2D eigenvalue weighted by molar-refractivity contribution is -0.144. The number of ketones is 1. The summed E-state index contributed by atoms with van der Waals surface area (Å²) < 4.78 is 0. The van der Waals surface area contributed by atoms with Gasteiger partial charge in [0.2, 0.25) is 70.8 Å². The van der Waals surface area contributed by atoms with Crippen molar-refractivity contribution in [2.45, 2.75) is 165 Å². The first-order chi connectivity index (χ1) is 43.8. The third kappa shape index (κ3) is 25.9. The van der Waals surface area contributed by atoms with Crippen LogP contribution in [0, 0.1) is 5.92 Å². The number of carbonyl (C=O) groups excluding carboxylic acids is 13.